The maximum atomic E-state index is 12.6. The normalized spacial score (nSPS) is 11.8. The summed E-state index contributed by atoms with van der Waals surface area (Å²) in [5, 5.41) is 0. The number of ether oxygens (including phenoxy) is 1. The van der Waals surface area contributed by atoms with Gasteiger partial charge in [0.1, 0.15) is 12.4 Å². The molecule has 0 N–H and O–H groups in total. The van der Waals surface area contributed by atoms with Crippen LogP contribution in [0.15, 0.2) is 29.2 Å². The smallest absolute Gasteiger partial charge is 0.133 e. The average Bonchev–Trinajstić information content (AvgIpc) is 2.19. The van der Waals surface area contributed by atoms with E-state index in [1.54, 1.807) is 23.9 Å². The molecule has 0 saturated heterocycles. The lowest BCUT2D eigenvalue weighted by molar-refractivity contribution is 0.0405. The van der Waals surface area contributed by atoms with Gasteiger partial charge in [-0.25, -0.2) is 4.39 Å². The molecular formula is C13H17FOS. The molecule has 1 nitrogen and oxygen atoms in total. The molecule has 0 spiro atoms. The van der Waals surface area contributed by atoms with E-state index < -0.39 is 0 Å². The van der Waals surface area contributed by atoms with Gasteiger partial charge >= 0.3 is 0 Å². The number of rotatable bonds is 5. The average molecular weight is 240 g/mol. The molecule has 16 heavy (non-hydrogen) atoms. The van der Waals surface area contributed by atoms with Crippen molar-refractivity contribution in [1.82, 2.24) is 0 Å². The summed E-state index contributed by atoms with van der Waals surface area (Å²) in [7, 11) is 0. The second kappa shape index (κ2) is 6.26. The van der Waals surface area contributed by atoms with Crippen LogP contribution in [0.1, 0.15) is 27.2 Å². The van der Waals surface area contributed by atoms with Crippen molar-refractivity contribution < 1.29 is 9.13 Å². The van der Waals surface area contributed by atoms with Gasteiger partial charge in [0.2, 0.25) is 0 Å². The highest BCUT2D eigenvalue weighted by molar-refractivity contribution is 7.99. The van der Waals surface area contributed by atoms with Gasteiger partial charge in [-0.15, -0.1) is 11.8 Å². The molecule has 0 aliphatic carbocycles. The van der Waals surface area contributed by atoms with E-state index in [-0.39, 0.29) is 11.4 Å². The second-order valence-corrected chi connectivity index (χ2v) is 5.58. The third-order valence-corrected chi connectivity index (χ3v) is 2.68. The molecule has 0 aromatic heterocycles. The summed E-state index contributed by atoms with van der Waals surface area (Å²) in [4.78, 5) is 1.07. The Morgan fingerprint density at radius 2 is 1.88 bits per heavy atom. The van der Waals surface area contributed by atoms with Gasteiger partial charge < -0.3 is 4.74 Å². The summed E-state index contributed by atoms with van der Waals surface area (Å²) in [6.07, 6.45) is 0.763. The molecule has 0 heterocycles. The van der Waals surface area contributed by atoms with Crippen LogP contribution in [0.2, 0.25) is 0 Å². The number of hydrogen-bond acceptors (Lipinski definition) is 2. The molecule has 0 aliphatic rings. The molecule has 3 heteroatoms. The SMILES string of the molecule is CC(C)(C)O[C]CCSc1ccc(F)cc1. The molecule has 1 aromatic carbocycles. The maximum Gasteiger partial charge on any atom is 0.133 e. The van der Waals surface area contributed by atoms with E-state index in [1.165, 1.54) is 12.1 Å². The minimum Gasteiger partial charge on any atom is -0.363 e. The molecule has 0 aliphatic heterocycles. The van der Waals surface area contributed by atoms with Crippen LogP contribution in [0.4, 0.5) is 4.39 Å². The first kappa shape index (κ1) is 13.5. The Labute approximate surface area is 101 Å². The Morgan fingerprint density at radius 3 is 2.44 bits per heavy atom. The lowest BCUT2D eigenvalue weighted by atomic mass is 10.2. The van der Waals surface area contributed by atoms with Gasteiger partial charge in [-0.3, -0.25) is 0 Å². The van der Waals surface area contributed by atoms with E-state index in [4.69, 9.17) is 4.74 Å². The van der Waals surface area contributed by atoms with E-state index in [9.17, 15) is 4.39 Å². The third kappa shape index (κ3) is 6.13. The Bertz CT molecular complexity index is 303. The van der Waals surface area contributed by atoms with Crippen LogP contribution in [0.25, 0.3) is 0 Å². The minimum absolute atomic E-state index is 0.166. The minimum atomic E-state index is -0.196. The van der Waals surface area contributed by atoms with Crippen LogP contribution >= 0.6 is 11.8 Å². The fourth-order valence-electron chi connectivity index (χ4n) is 1.01. The topological polar surface area (TPSA) is 9.23 Å². The van der Waals surface area contributed by atoms with Crippen molar-refractivity contribution in [3.8, 4) is 0 Å². The lowest BCUT2D eigenvalue weighted by Crippen LogP contribution is -2.17. The van der Waals surface area contributed by atoms with Crippen LogP contribution in [0.5, 0.6) is 0 Å². The van der Waals surface area contributed by atoms with Gasteiger partial charge in [0.25, 0.3) is 0 Å². The number of hydrogen-bond donors (Lipinski definition) is 0. The third-order valence-electron chi connectivity index (χ3n) is 1.66. The molecular weight excluding hydrogens is 223 g/mol. The van der Waals surface area contributed by atoms with Crippen LogP contribution < -0.4 is 0 Å². The van der Waals surface area contributed by atoms with Crippen molar-refractivity contribution in [2.75, 3.05) is 5.75 Å². The highest BCUT2D eigenvalue weighted by Crippen LogP contribution is 2.20. The predicted molar refractivity (Wildman–Crippen MR) is 65.8 cm³/mol. The molecule has 0 fully saturated rings. The van der Waals surface area contributed by atoms with Crippen LogP contribution in [-0.2, 0) is 4.74 Å². The Balaban J connectivity index is 2.14. The van der Waals surface area contributed by atoms with Crippen LogP contribution in [0, 0.1) is 12.4 Å². The summed E-state index contributed by atoms with van der Waals surface area (Å²) in [5.74, 6) is 0.695. The largest absolute Gasteiger partial charge is 0.363 e. The highest BCUT2D eigenvalue weighted by atomic mass is 32.2. The molecule has 88 valence electrons. The molecule has 0 atom stereocenters. The summed E-state index contributed by atoms with van der Waals surface area (Å²) in [6, 6.07) is 6.51. The molecule has 1 aromatic rings. The zero-order valence-corrected chi connectivity index (χ0v) is 10.7. The standard InChI is InChI=1S/C13H17FOS/c1-13(2,3)15-9-4-10-16-12-7-5-11(14)6-8-12/h5-8H,4,10H2,1-3H3. The predicted octanol–water partition coefficient (Wildman–Crippen LogP) is 4.16. The van der Waals surface area contributed by atoms with Crippen molar-refractivity contribution in [3.05, 3.63) is 36.7 Å². The number of halogens is 1. The monoisotopic (exact) mass is 240 g/mol. The Kier molecular flexibility index (Phi) is 5.29. The molecule has 0 amide bonds. The maximum absolute atomic E-state index is 12.6. The van der Waals surface area contributed by atoms with Gasteiger partial charge in [0.15, 0.2) is 0 Å². The van der Waals surface area contributed by atoms with E-state index in [1.807, 2.05) is 20.8 Å². The van der Waals surface area contributed by atoms with Crippen molar-refractivity contribution in [2.45, 2.75) is 37.7 Å². The number of benzene rings is 1. The van der Waals surface area contributed by atoms with Gasteiger partial charge in [-0.2, -0.15) is 0 Å². The zero-order chi connectivity index (χ0) is 12.0. The van der Waals surface area contributed by atoms with Gasteiger partial charge in [0.05, 0.1) is 5.60 Å². The number of thioether (sulfide) groups is 1. The molecule has 0 saturated carbocycles. The molecule has 2 radical (unpaired) electrons. The van der Waals surface area contributed by atoms with E-state index in [0.717, 1.165) is 17.1 Å². The molecule has 0 unspecified atom stereocenters. The summed E-state index contributed by atoms with van der Waals surface area (Å²) in [5.41, 5.74) is -0.166. The summed E-state index contributed by atoms with van der Waals surface area (Å²) >= 11 is 1.67. The molecule has 1 rings (SSSR count). The highest BCUT2D eigenvalue weighted by Gasteiger charge is 2.09. The fourth-order valence-corrected chi connectivity index (χ4v) is 1.76. The molecule has 0 bridgehead atoms. The first-order valence-corrected chi connectivity index (χ1v) is 6.25. The quantitative estimate of drug-likeness (QED) is 0.564. The van der Waals surface area contributed by atoms with Crippen molar-refractivity contribution in [3.63, 3.8) is 0 Å². The lowest BCUT2D eigenvalue weighted by Gasteiger charge is -2.17. The second-order valence-electron chi connectivity index (χ2n) is 4.41. The van der Waals surface area contributed by atoms with Gasteiger partial charge in [0, 0.05) is 10.6 Å². The van der Waals surface area contributed by atoms with E-state index >= 15 is 0 Å². The fraction of sp³-hybridized carbons (Fsp3) is 0.462. The van der Waals surface area contributed by atoms with Gasteiger partial charge in [-0.05, 0) is 51.5 Å². The summed E-state index contributed by atoms with van der Waals surface area (Å²) in [6.45, 7) is 8.89. The summed E-state index contributed by atoms with van der Waals surface area (Å²) < 4.78 is 18.0. The van der Waals surface area contributed by atoms with Crippen molar-refractivity contribution >= 4 is 11.8 Å². The van der Waals surface area contributed by atoms with Gasteiger partial charge in [-0.1, -0.05) is 0 Å². The Hall–Kier alpha value is -0.540. The first-order valence-electron chi connectivity index (χ1n) is 5.26. The first-order chi connectivity index (χ1) is 7.47. The van der Waals surface area contributed by atoms with E-state index in [2.05, 4.69) is 6.61 Å². The Morgan fingerprint density at radius 1 is 1.25 bits per heavy atom. The van der Waals surface area contributed by atoms with Crippen molar-refractivity contribution in [1.29, 1.82) is 0 Å². The van der Waals surface area contributed by atoms with Crippen molar-refractivity contribution in [2.24, 2.45) is 0 Å². The van der Waals surface area contributed by atoms with Crippen LogP contribution in [0.3, 0.4) is 0 Å². The van der Waals surface area contributed by atoms with E-state index in [0.29, 0.717) is 0 Å². The van der Waals surface area contributed by atoms with Crippen LogP contribution in [-0.4, -0.2) is 11.4 Å². The zero-order valence-electron chi connectivity index (χ0n) is 9.92.